The molecular formula is C22H34O4. The summed E-state index contributed by atoms with van der Waals surface area (Å²) in [6.07, 6.45) is 7.38. The predicted molar refractivity (Wildman–Crippen MR) is 105 cm³/mol. The van der Waals surface area contributed by atoms with E-state index in [1.807, 2.05) is 12.1 Å². The normalized spacial score (nSPS) is 10.8. The van der Waals surface area contributed by atoms with Gasteiger partial charge in [0.1, 0.15) is 0 Å². The zero-order valence-electron chi connectivity index (χ0n) is 16.8. The number of carbonyl (C=O) groups is 2. The zero-order valence-corrected chi connectivity index (χ0v) is 16.8. The maximum absolute atomic E-state index is 12.1. The van der Waals surface area contributed by atoms with Crippen LogP contribution in [-0.4, -0.2) is 11.9 Å². The lowest BCUT2D eigenvalue weighted by atomic mass is 10.0. The van der Waals surface area contributed by atoms with Crippen molar-refractivity contribution in [1.82, 2.24) is 0 Å². The van der Waals surface area contributed by atoms with Crippen LogP contribution in [0.15, 0.2) is 18.2 Å². The Morgan fingerprint density at radius 2 is 1.38 bits per heavy atom. The predicted octanol–water partition coefficient (Wildman–Crippen LogP) is 5.86. The highest BCUT2D eigenvalue weighted by atomic mass is 16.6. The molecule has 0 aromatic heterocycles. The summed E-state index contributed by atoms with van der Waals surface area (Å²) < 4.78 is 11.0. The first-order chi connectivity index (χ1) is 12.5. The molecule has 0 N–H and O–H groups in total. The van der Waals surface area contributed by atoms with Gasteiger partial charge in [0.05, 0.1) is 0 Å². The summed E-state index contributed by atoms with van der Waals surface area (Å²) in [6.45, 7) is 8.46. The summed E-state index contributed by atoms with van der Waals surface area (Å²) in [4.78, 5) is 24.1. The van der Waals surface area contributed by atoms with E-state index in [1.165, 1.54) is 0 Å². The van der Waals surface area contributed by atoms with Gasteiger partial charge in [0.15, 0.2) is 11.5 Å². The van der Waals surface area contributed by atoms with Crippen molar-refractivity contribution in [2.45, 2.75) is 85.5 Å². The number of hydrogen-bond donors (Lipinski definition) is 0. The third-order valence-corrected chi connectivity index (χ3v) is 4.07. The topological polar surface area (TPSA) is 52.6 Å². The summed E-state index contributed by atoms with van der Waals surface area (Å²) in [7, 11) is 0. The van der Waals surface area contributed by atoms with E-state index in [0.29, 0.717) is 30.3 Å². The molecule has 4 nitrogen and oxygen atoms in total. The SMILES string of the molecule is CCCCCC(=O)Oc1ccc(CC(C)C)cc1OC(=O)CCCCC. The second-order valence-electron chi connectivity index (χ2n) is 7.24. The molecule has 1 aromatic carbocycles. The van der Waals surface area contributed by atoms with Gasteiger partial charge in [-0.25, -0.2) is 0 Å². The van der Waals surface area contributed by atoms with E-state index in [1.54, 1.807) is 6.07 Å². The van der Waals surface area contributed by atoms with Gasteiger partial charge >= 0.3 is 11.9 Å². The highest BCUT2D eigenvalue weighted by Gasteiger charge is 2.15. The van der Waals surface area contributed by atoms with Gasteiger partial charge < -0.3 is 9.47 Å². The van der Waals surface area contributed by atoms with Gasteiger partial charge in [-0.05, 0) is 42.9 Å². The van der Waals surface area contributed by atoms with Gasteiger partial charge in [-0.2, -0.15) is 0 Å². The van der Waals surface area contributed by atoms with Crippen LogP contribution in [0.1, 0.15) is 84.6 Å². The Balaban J connectivity index is 2.82. The van der Waals surface area contributed by atoms with Crippen molar-refractivity contribution in [2.75, 3.05) is 0 Å². The van der Waals surface area contributed by atoms with Crippen molar-refractivity contribution in [2.24, 2.45) is 5.92 Å². The maximum Gasteiger partial charge on any atom is 0.311 e. The van der Waals surface area contributed by atoms with Crippen LogP contribution in [0, 0.1) is 5.92 Å². The van der Waals surface area contributed by atoms with Crippen LogP contribution in [0.3, 0.4) is 0 Å². The van der Waals surface area contributed by atoms with Crippen molar-refractivity contribution in [3.8, 4) is 11.5 Å². The average molecular weight is 363 g/mol. The van der Waals surface area contributed by atoms with Gasteiger partial charge in [-0.3, -0.25) is 9.59 Å². The first-order valence-corrected chi connectivity index (χ1v) is 10.0. The number of esters is 2. The molecule has 0 atom stereocenters. The molecule has 0 unspecified atom stereocenters. The number of benzene rings is 1. The monoisotopic (exact) mass is 362 g/mol. The number of hydrogen-bond acceptors (Lipinski definition) is 4. The third kappa shape index (κ3) is 9.02. The molecular weight excluding hydrogens is 328 g/mol. The molecule has 26 heavy (non-hydrogen) atoms. The highest BCUT2D eigenvalue weighted by molar-refractivity contribution is 5.76. The zero-order chi connectivity index (χ0) is 19.4. The molecule has 0 spiro atoms. The second kappa shape index (κ2) is 12.5. The van der Waals surface area contributed by atoms with E-state index in [0.717, 1.165) is 50.5 Å². The minimum atomic E-state index is -0.279. The molecule has 0 fully saturated rings. The molecule has 4 heteroatoms. The van der Waals surface area contributed by atoms with E-state index in [-0.39, 0.29) is 11.9 Å². The molecule has 0 saturated carbocycles. The Morgan fingerprint density at radius 1 is 0.846 bits per heavy atom. The fraction of sp³-hybridized carbons (Fsp3) is 0.636. The first-order valence-electron chi connectivity index (χ1n) is 10.0. The average Bonchev–Trinajstić information content (AvgIpc) is 2.57. The number of unbranched alkanes of at least 4 members (excludes halogenated alkanes) is 4. The van der Waals surface area contributed by atoms with E-state index < -0.39 is 0 Å². The van der Waals surface area contributed by atoms with Gasteiger partial charge in [0.2, 0.25) is 0 Å². The Hall–Kier alpha value is -1.84. The van der Waals surface area contributed by atoms with Crippen molar-refractivity contribution in [3.05, 3.63) is 23.8 Å². The smallest absolute Gasteiger partial charge is 0.311 e. The highest BCUT2D eigenvalue weighted by Crippen LogP contribution is 2.30. The molecule has 0 saturated heterocycles. The van der Waals surface area contributed by atoms with Crippen LogP contribution in [0.25, 0.3) is 0 Å². The maximum atomic E-state index is 12.1. The summed E-state index contributed by atoms with van der Waals surface area (Å²) in [5, 5.41) is 0. The molecule has 0 aliphatic rings. The van der Waals surface area contributed by atoms with Crippen LogP contribution in [0.5, 0.6) is 11.5 Å². The lowest BCUT2D eigenvalue weighted by molar-refractivity contribution is -0.137. The van der Waals surface area contributed by atoms with Gasteiger partial charge in [-0.15, -0.1) is 0 Å². The minimum absolute atomic E-state index is 0.275. The Kier molecular flexibility index (Phi) is 10.7. The minimum Gasteiger partial charge on any atom is -0.423 e. The third-order valence-electron chi connectivity index (χ3n) is 4.07. The van der Waals surface area contributed by atoms with Crippen LogP contribution >= 0.6 is 0 Å². The van der Waals surface area contributed by atoms with E-state index in [4.69, 9.17) is 9.47 Å². The lowest BCUT2D eigenvalue weighted by Crippen LogP contribution is -2.12. The summed E-state index contributed by atoms with van der Waals surface area (Å²) >= 11 is 0. The number of rotatable bonds is 12. The lowest BCUT2D eigenvalue weighted by Gasteiger charge is -2.13. The van der Waals surface area contributed by atoms with Crippen molar-refractivity contribution in [3.63, 3.8) is 0 Å². The molecule has 0 bridgehead atoms. The molecule has 0 radical (unpaired) electrons. The number of carbonyl (C=O) groups excluding carboxylic acids is 2. The van der Waals surface area contributed by atoms with Crippen LogP contribution < -0.4 is 9.47 Å². The van der Waals surface area contributed by atoms with Crippen molar-refractivity contribution < 1.29 is 19.1 Å². The summed E-state index contributed by atoms with van der Waals surface area (Å²) in [5.41, 5.74) is 1.07. The number of ether oxygens (including phenoxy) is 2. The first kappa shape index (κ1) is 22.2. The molecule has 1 aromatic rings. The largest absolute Gasteiger partial charge is 0.423 e. The van der Waals surface area contributed by atoms with Gasteiger partial charge in [-0.1, -0.05) is 59.4 Å². The van der Waals surface area contributed by atoms with E-state index in [9.17, 15) is 9.59 Å². The van der Waals surface area contributed by atoms with Crippen LogP contribution in [0.2, 0.25) is 0 Å². The fourth-order valence-corrected chi connectivity index (χ4v) is 2.70. The Labute approximate surface area is 158 Å². The summed E-state index contributed by atoms with van der Waals surface area (Å²) in [6, 6.07) is 5.50. The van der Waals surface area contributed by atoms with Gasteiger partial charge in [0.25, 0.3) is 0 Å². The molecule has 0 aliphatic carbocycles. The van der Waals surface area contributed by atoms with Crippen molar-refractivity contribution in [1.29, 1.82) is 0 Å². The Morgan fingerprint density at radius 3 is 1.88 bits per heavy atom. The molecule has 0 aliphatic heterocycles. The van der Waals surface area contributed by atoms with E-state index in [2.05, 4.69) is 27.7 Å². The Bertz CT molecular complexity index is 563. The molecule has 0 amide bonds. The fourth-order valence-electron chi connectivity index (χ4n) is 2.70. The molecule has 146 valence electrons. The second-order valence-corrected chi connectivity index (χ2v) is 7.24. The van der Waals surface area contributed by atoms with Gasteiger partial charge in [0, 0.05) is 12.8 Å². The van der Waals surface area contributed by atoms with Crippen LogP contribution in [0.4, 0.5) is 0 Å². The molecule has 1 rings (SSSR count). The van der Waals surface area contributed by atoms with E-state index >= 15 is 0 Å². The van der Waals surface area contributed by atoms with Crippen LogP contribution in [-0.2, 0) is 16.0 Å². The standard InChI is InChI=1S/C22H34O4/c1-5-7-9-11-21(23)25-19-14-13-18(15-17(3)4)16-20(19)26-22(24)12-10-8-6-2/h13-14,16-17H,5-12,15H2,1-4H3. The molecule has 0 heterocycles. The summed E-state index contributed by atoms with van der Waals surface area (Å²) in [5.74, 6) is 0.628. The quantitative estimate of drug-likeness (QED) is 0.266. The van der Waals surface area contributed by atoms with Crippen molar-refractivity contribution >= 4 is 11.9 Å².